The van der Waals surface area contributed by atoms with Crippen molar-refractivity contribution in [3.63, 3.8) is 0 Å². The fourth-order valence-corrected chi connectivity index (χ4v) is 5.41. The van der Waals surface area contributed by atoms with Gasteiger partial charge in [-0.3, -0.25) is 4.79 Å². The van der Waals surface area contributed by atoms with Gasteiger partial charge in [-0.15, -0.1) is 0 Å². The molecule has 3 heterocycles. The highest BCUT2D eigenvalue weighted by Gasteiger charge is 2.28. The Kier molecular flexibility index (Phi) is 10.1. The summed E-state index contributed by atoms with van der Waals surface area (Å²) in [6, 6.07) is 5.45. The van der Waals surface area contributed by atoms with Gasteiger partial charge in [0.2, 0.25) is 0 Å². The van der Waals surface area contributed by atoms with Crippen molar-refractivity contribution in [3.05, 3.63) is 47.1 Å². The molecule has 214 valence electrons. The van der Waals surface area contributed by atoms with E-state index in [4.69, 9.17) is 42.4 Å². The maximum atomic E-state index is 12.1. The fraction of sp³-hybridized carbons (Fsp3) is 0.414. The standard InChI is InChI=1S/C29H35Cl2N5O4/c1-6-19(37)11-17-7-10-40-16-22(17)34-25-13-20-18(15-33-25)12-21(35-29(20)32-8-9-36(2)3)26-27(30)23(38-4)14-24(39-5)28(26)31/h6,12-15,17,22H,1,7-11,16H2,2-5H3,(H,32,35)(H,33,34)/t17-,22-/m1/s1. The third kappa shape index (κ3) is 6.78. The number of ketones is 1. The second-order valence-corrected chi connectivity index (χ2v) is 10.7. The molecular formula is C29H35Cl2N5O4. The van der Waals surface area contributed by atoms with Crippen molar-refractivity contribution in [2.24, 2.45) is 5.92 Å². The van der Waals surface area contributed by atoms with Crippen LogP contribution in [0.4, 0.5) is 11.6 Å². The molecule has 0 saturated carbocycles. The number of pyridine rings is 2. The lowest BCUT2D eigenvalue weighted by molar-refractivity contribution is -0.116. The zero-order chi connectivity index (χ0) is 28.8. The number of benzene rings is 1. The number of hydrogen-bond acceptors (Lipinski definition) is 9. The van der Waals surface area contributed by atoms with Crippen LogP contribution < -0.4 is 20.1 Å². The number of fused-ring (bicyclic) bond motifs is 1. The number of anilines is 2. The van der Waals surface area contributed by atoms with E-state index in [9.17, 15) is 4.79 Å². The Hall–Kier alpha value is -3.11. The minimum absolute atomic E-state index is 0.0285. The van der Waals surface area contributed by atoms with Crippen LogP contribution in [0.5, 0.6) is 11.5 Å². The highest BCUT2D eigenvalue weighted by atomic mass is 35.5. The normalized spacial score (nSPS) is 17.1. The van der Waals surface area contributed by atoms with Gasteiger partial charge >= 0.3 is 0 Å². The summed E-state index contributed by atoms with van der Waals surface area (Å²) in [5, 5.41) is 9.34. The molecule has 1 aliphatic rings. The summed E-state index contributed by atoms with van der Waals surface area (Å²) < 4.78 is 16.6. The summed E-state index contributed by atoms with van der Waals surface area (Å²) in [5.74, 6) is 2.34. The summed E-state index contributed by atoms with van der Waals surface area (Å²) in [6.07, 6.45) is 4.38. The number of halogens is 2. The molecule has 2 atom stereocenters. The van der Waals surface area contributed by atoms with Crippen LogP contribution in [0, 0.1) is 5.92 Å². The molecule has 40 heavy (non-hydrogen) atoms. The number of allylic oxidation sites excluding steroid dienone is 1. The number of rotatable bonds is 12. The molecule has 4 rings (SSSR count). The van der Waals surface area contributed by atoms with Crippen LogP contribution in [0.2, 0.25) is 10.0 Å². The van der Waals surface area contributed by atoms with E-state index < -0.39 is 0 Å². The van der Waals surface area contributed by atoms with Gasteiger partial charge in [-0.25, -0.2) is 9.97 Å². The van der Waals surface area contributed by atoms with Crippen LogP contribution in [0.1, 0.15) is 12.8 Å². The monoisotopic (exact) mass is 587 g/mol. The summed E-state index contributed by atoms with van der Waals surface area (Å²) in [5.41, 5.74) is 1.06. The van der Waals surface area contributed by atoms with E-state index in [0.717, 1.165) is 23.7 Å². The molecule has 11 heteroatoms. The lowest BCUT2D eigenvalue weighted by Gasteiger charge is -2.32. The predicted molar refractivity (Wildman–Crippen MR) is 161 cm³/mol. The first-order chi connectivity index (χ1) is 19.2. The average Bonchev–Trinajstić information content (AvgIpc) is 2.94. The number of hydrogen-bond donors (Lipinski definition) is 2. The van der Waals surface area contributed by atoms with Crippen molar-refractivity contribution in [1.82, 2.24) is 14.9 Å². The highest BCUT2D eigenvalue weighted by molar-refractivity contribution is 6.41. The third-order valence-electron chi connectivity index (χ3n) is 6.92. The molecule has 0 unspecified atom stereocenters. The van der Waals surface area contributed by atoms with Crippen molar-refractivity contribution < 1.29 is 19.0 Å². The molecule has 0 amide bonds. The minimum atomic E-state index is -0.0538. The number of aromatic nitrogens is 2. The van der Waals surface area contributed by atoms with E-state index >= 15 is 0 Å². The number of nitrogens with one attached hydrogen (secondary N) is 2. The first-order valence-electron chi connectivity index (χ1n) is 13.0. The number of likely N-dealkylation sites (N-methyl/N-ethyl adjacent to an activating group) is 1. The summed E-state index contributed by atoms with van der Waals surface area (Å²) in [7, 11) is 7.09. The van der Waals surface area contributed by atoms with Gasteiger partial charge in [0.05, 0.1) is 42.6 Å². The molecule has 1 aromatic carbocycles. The average molecular weight is 589 g/mol. The van der Waals surface area contributed by atoms with Gasteiger partial charge in [-0.2, -0.15) is 0 Å². The Labute approximate surface area is 244 Å². The van der Waals surface area contributed by atoms with Crippen LogP contribution in [0.25, 0.3) is 22.0 Å². The molecular weight excluding hydrogens is 553 g/mol. The van der Waals surface area contributed by atoms with Crippen LogP contribution in [0.15, 0.2) is 37.1 Å². The van der Waals surface area contributed by atoms with Crippen LogP contribution >= 0.6 is 23.2 Å². The van der Waals surface area contributed by atoms with Gasteiger partial charge in [0, 0.05) is 54.7 Å². The molecule has 0 bridgehead atoms. The molecule has 9 nitrogen and oxygen atoms in total. The molecule has 0 spiro atoms. The third-order valence-corrected chi connectivity index (χ3v) is 7.67. The summed E-state index contributed by atoms with van der Waals surface area (Å²) >= 11 is 13.4. The SMILES string of the molecule is C=CC(=O)C[C@H]1CCOC[C@H]1Nc1cc2c(NCCN(C)C)nc(-c3c(Cl)c(OC)cc(OC)c3Cl)cc2cn1. The number of carbonyl (C=O) groups is 1. The van der Waals surface area contributed by atoms with Gasteiger partial charge in [-0.05, 0) is 44.6 Å². The lowest BCUT2D eigenvalue weighted by atomic mass is 9.89. The molecule has 1 saturated heterocycles. The Balaban J connectivity index is 1.76. The smallest absolute Gasteiger partial charge is 0.155 e. The zero-order valence-electron chi connectivity index (χ0n) is 23.2. The summed E-state index contributed by atoms with van der Waals surface area (Å²) in [4.78, 5) is 23.8. The van der Waals surface area contributed by atoms with Crippen molar-refractivity contribution in [2.75, 3.05) is 65.3 Å². The minimum Gasteiger partial charge on any atom is -0.495 e. The van der Waals surface area contributed by atoms with Gasteiger partial charge < -0.3 is 29.7 Å². The van der Waals surface area contributed by atoms with E-state index in [1.165, 1.54) is 20.3 Å². The quantitative estimate of drug-likeness (QED) is 0.264. The maximum Gasteiger partial charge on any atom is 0.155 e. The summed E-state index contributed by atoms with van der Waals surface area (Å²) in [6.45, 7) is 6.20. The van der Waals surface area contributed by atoms with E-state index in [1.807, 2.05) is 26.2 Å². The Morgan fingerprint density at radius 3 is 2.58 bits per heavy atom. The van der Waals surface area contributed by atoms with Crippen molar-refractivity contribution >= 4 is 51.4 Å². The van der Waals surface area contributed by atoms with E-state index in [2.05, 4.69) is 27.1 Å². The number of ether oxygens (including phenoxy) is 3. The molecule has 0 aliphatic carbocycles. The van der Waals surface area contributed by atoms with Crippen LogP contribution in [0.3, 0.4) is 0 Å². The molecule has 1 aliphatic heterocycles. The molecule has 1 fully saturated rings. The Bertz CT molecular complexity index is 1360. The van der Waals surface area contributed by atoms with E-state index in [1.54, 1.807) is 12.3 Å². The van der Waals surface area contributed by atoms with Gasteiger partial charge in [-0.1, -0.05) is 29.8 Å². The van der Waals surface area contributed by atoms with Crippen molar-refractivity contribution in [2.45, 2.75) is 18.9 Å². The Morgan fingerprint density at radius 2 is 1.93 bits per heavy atom. The lowest BCUT2D eigenvalue weighted by Crippen LogP contribution is -2.39. The molecule has 2 N–H and O–H groups in total. The zero-order valence-corrected chi connectivity index (χ0v) is 24.7. The number of methoxy groups -OCH3 is 2. The van der Waals surface area contributed by atoms with Crippen LogP contribution in [-0.2, 0) is 9.53 Å². The fourth-order valence-electron chi connectivity index (χ4n) is 4.71. The Morgan fingerprint density at radius 1 is 1.20 bits per heavy atom. The number of nitrogens with zero attached hydrogens (tertiary/aromatic N) is 3. The molecule has 3 aromatic rings. The number of carbonyl (C=O) groups excluding carboxylic acids is 1. The molecule has 2 aromatic heterocycles. The van der Waals surface area contributed by atoms with Gasteiger partial charge in [0.25, 0.3) is 0 Å². The molecule has 0 radical (unpaired) electrons. The first-order valence-corrected chi connectivity index (χ1v) is 13.8. The van der Waals surface area contributed by atoms with Gasteiger partial charge in [0.15, 0.2) is 5.78 Å². The maximum absolute atomic E-state index is 12.1. The topological polar surface area (TPSA) is 97.8 Å². The first kappa shape index (κ1) is 29.9. The van der Waals surface area contributed by atoms with Crippen molar-refractivity contribution in [3.8, 4) is 22.8 Å². The van der Waals surface area contributed by atoms with Crippen LogP contribution in [-0.4, -0.2) is 81.3 Å². The van der Waals surface area contributed by atoms with E-state index in [-0.39, 0.29) is 17.7 Å². The van der Waals surface area contributed by atoms with Crippen molar-refractivity contribution in [1.29, 1.82) is 0 Å². The highest BCUT2D eigenvalue weighted by Crippen LogP contribution is 2.46. The predicted octanol–water partition coefficient (Wildman–Crippen LogP) is 5.56. The van der Waals surface area contributed by atoms with E-state index in [0.29, 0.717) is 70.6 Å². The second kappa shape index (κ2) is 13.5. The second-order valence-electron chi connectivity index (χ2n) is 9.91. The van der Waals surface area contributed by atoms with Gasteiger partial charge in [0.1, 0.15) is 23.1 Å². The largest absolute Gasteiger partial charge is 0.495 e.